The Morgan fingerprint density at radius 1 is 1.18 bits per heavy atom. The summed E-state index contributed by atoms with van der Waals surface area (Å²) in [5.74, 6) is -0.505. The van der Waals surface area contributed by atoms with Crippen LogP contribution >= 0.6 is 0 Å². The summed E-state index contributed by atoms with van der Waals surface area (Å²) >= 11 is 0. The van der Waals surface area contributed by atoms with Crippen molar-refractivity contribution in [3.8, 4) is 5.75 Å². The molecule has 0 aliphatic rings. The fourth-order valence-electron chi connectivity index (χ4n) is 1.63. The van der Waals surface area contributed by atoms with E-state index in [9.17, 15) is 9.59 Å². The zero-order valence-electron chi connectivity index (χ0n) is 12.8. The van der Waals surface area contributed by atoms with Crippen molar-refractivity contribution in [3.05, 3.63) is 54.1 Å². The quantitative estimate of drug-likeness (QED) is 0.452. The topological polar surface area (TPSA) is 78.6 Å². The summed E-state index contributed by atoms with van der Waals surface area (Å²) in [5.41, 5.74) is 6.80. The van der Waals surface area contributed by atoms with Gasteiger partial charge in [-0.2, -0.15) is 0 Å². The number of nitrogens with two attached hydrogens (primary N) is 1. The molecule has 1 rings (SSSR count). The summed E-state index contributed by atoms with van der Waals surface area (Å²) in [6.07, 6.45) is 0.840. The molecule has 1 aromatic carbocycles. The van der Waals surface area contributed by atoms with Crippen molar-refractivity contribution in [2.75, 3.05) is 13.2 Å². The lowest BCUT2D eigenvalue weighted by Crippen LogP contribution is -2.14. The molecular weight excluding hydrogens is 282 g/mol. The highest BCUT2D eigenvalue weighted by molar-refractivity contribution is 5.89. The van der Waals surface area contributed by atoms with Crippen molar-refractivity contribution in [3.63, 3.8) is 0 Å². The van der Waals surface area contributed by atoms with E-state index in [1.807, 2.05) is 12.1 Å². The van der Waals surface area contributed by atoms with E-state index in [2.05, 4.69) is 13.2 Å². The monoisotopic (exact) mass is 303 g/mol. The molecule has 0 aliphatic heterocycles. The Balaban J connectivity index is 2.59. The van der Waals surface area contributed by atoms with Gasteiger partial charge in [-0.15, -0.1) is 0 Å². The first-order valence-electron chi connectivity index (χ1n) is 6.96. The minimum absolute atomic E-state index is 0.171. The SMILES string of the molecule is C=C(C)C(=O)Oc1ccccc1CCOC(=O)C(=C)CCN. The number of ether oxygens (including phenoxy) is 2. The van der Waals surface area contributed by atoms with Crippen molar-refractivity contribution in [1.82, 2.24) is 0 Å². The number of para-hydroxylation sites is 1. The highest BCUT2D eigenvalue weighted by Crippen LogP contribution is 2.19. The molecule has 22 heavy (non-hydrogen) atoms. The minimum Gasteiger partial charge on any atom is -0.462 e. The summed E-state index contributed by atoms with van der Waals surface area (Å²) in [4.78, 5) is 23.2. The van der Waals surface area contributed by atoms with Gasteiger partial charge in [0.15, 0.2) is 0 Å². The lowest BCUT2D eigenvalue weighted by Gasteiger charge is -2.10. The van der Waals surface area contributed by atoms with E-state index in [-0.39, 0.29) is 6.61 Å². The first-order chi connectivity index (χ1) is 10.5. The normalized spacial score (nSPS) is 9.91. The van der Waals surface area contributed by atoms with Crippen molar-refractivity contribution < 1.29 is 19.1 Å². The van der Waals surface area contributed by atoms with Gasteiger partial charge in [0, 0.05) is 17.6 Å². The third-order valence-electron chi connectivity index (χ3n) is 2.86. The zero-order valence-corrected chi connectivity index (χ0v) is 12.8. The summed E-state index contributed by atoms with van der Waals surface area (Å²) in [7, 11) is 0. The van der Waals surface area contributed by atoms with Crippen LogP contribution in [0, 0.1) is 0 Å². The number of esters is 2. The van der Waals surface area contributed by atoms with E-state index >= 15 is 0 Å². The number of carbonyl (C=O) groups excluding carboxylic acids is 2. The summed E-state index contributed by atoms with van der Waals surface area (Å²) < 4.78 is 10.4. The van der Waals surface area contributed by atoms with Crippen LogP contribution in [0.1, 0.15) is 18.9 Å². The van der Waals surface area contributed by atoms with Gasteiger partial charge in [-0.05, 0) is 31.5 Å². The average molecular weight is 303 g/mol. The fourth-order valence-corrected chi connectivity index (χ4v) is 1.63. The molecule has 0 radical (unpaired) electrons. The van der Waals surface area contributed by atoms with Crippen molar-refractivity contribution in [2.24, 2.45) is 5.73 Å². The molecule has 0 fully saturated rings. The highest BCUT2D eigenvalue weighted by Gasteiger charge is 2.11. The summed E-state index contributed by atoms with van der Waals surface area (Å²) in [6, 6.07) is 7.08. The molecular formula is C17H21NO4. The Labute approximate surface area is 130 Å². The van der Waals surface area contributed by atoms with Gasteiger partial charge in [-0.25, -0.2) is 9.59 Å². The largest absolute Gasteiger partial charge is 0.462 e. The number of rotatable bonds is 8. The van der Waals surface area contributed by atoms with Gasteiger partial charge in [-0.1, -0.05) is 31.4 Å². The number of carbonyl (C=O) groups is 2. The number of hydrogen-bond donors (Lipinski definition) is 1. The molecule has 0 heterocycles. The van der Waals surface area contributed by atoms with Gasteiger partial charge < -0.3 is 15.2 Å². The second-order valence-electron chi connectivity index (χ2n) is 4.81. The Morgan fingerprint density at radius 2 is 1.86 bits per heavy atom. The Kier molecular flexibility index (Phi) is 7.05. The minimum atomic E-state index is -0.485. The second kappa shape index (κ2) is 8.79. The third-order valence-corrected chi connectivity index (χ3v) is 2.86. The van der Waals surface area contributed by atoms with Gasteiger partial charge in [-0.3, -0.25) is 0 Å². The zero-order chi connectivity index (χ0) is 16.5. The van der Waals surface area contributed by atoms with Crippen LogP contribution in [-0.2, 0) is 20.7 Å². The van der Waals surface area contributed by atoms with Gasteiger partial charge >= 0.3 is 11.9 Å². The predicted octanol–water partition coefficient (Wildman–Crippen LogP) is 2.16. The predicted molar refractivity (Wildman–Crippen MR) is 84.4 cm³/mol. The van der Waals surface area contributed by atoms with Crippen LogP contribution in [0.2, 0.25) is 0 Å². The van der Waals surface area contributed by atoms with Crippen LogP contribution < -0.4 is 10.5 Å². The molecule has 0 aliphatic carbocycles. The van der Waals surface area contributed by atoms with Gasteiger partial charge in [0.2, 0.25) is 0 Å². The molecule has 0 saturated heterocycles. The number of hydrogen-bond acceptors (Lipinski definition) is 5. The van der Waals surface area contributed by atoms with Crippen molar-refractivity contribution >= 4 is 11.9 Å². The molecule has 1 aromatic rings. The molecule has 0 spiro atoms. The Hall–Kier alpha value is -2.40. The number of benzene rings is 1. The molecule has 2 N–H and O–H groups in total. The molecule has 5 nitrogen and oxygen atoms in total. The lowest BCUT2D eigenvalue weighted by atomic mass is 10.1. The van der Waals surface area contributed by atoms with Crippen LogP contribution in [0.3, 0.4) is 0 Å². The maximum atomic E-state index is 11.6. The van der Waals surface area contributed by atoms with E-state index in [1.165, 1.54) is 0 Å². The summed E-state index contributed by atoms with van der Waals surface area (Å²) in [5, 5.41) is 0. The Bertz CT molecular complexity index is 578. The van der Waals surface area contributed by atoms with E-state index in [0.717, 1.165) is 5.56 Å². The van der Waals surface area contributed by atoms with Crippen LogP contribution in [0.15, 0.2) is 48.6 Å². The van der Waals surface area contributed by atoms with Gasteiger partial charge in [0.05, 0.1) is 6.61 Å². The van der Waals surface area contributed by atoms with Crippen LogP contribution in [0.25, 0.3) is 0 Å². The summed E-state index contributed by atoms with van der Waals surface area (Å²) in [6.45, 7) is 9.26. The second-order valence-corrected chi connectivity index (χ2v) is 4.81. The molecule has 118 valence electrons. The van der Waals surface area contributed by atoms with E-state index in [4.69, 9.17) is 15.2 Å². The highest BCUT2D eigenvalue weighted by atomic mass is 16.5. The maximum Gasteiger partial charge on any atom is 0.338 e. The first kappa shape index (κ1) is 17.7. The molecule has 0 aromatic heterocycles. The lowest BCUT2D eigenvalue weighted by molar-refractivity contribution is -0.139. The fraction of sp³-hybridized carbons (Fsp3) is 0.294. The first-order valence-corrected chi connectivity index (χ1v) is 6.96. The molecule has 0 bridgehead atoms. The molecule has 0 amide bonds. The van der Waals surface area contributed by atoms with Gasteiger partial charge in [0.1, 0.15) is 5.75 Å². The van der Waals surface area contributed by atoms with E-state index in [0.29, 0.717) is 36.3 Å². The van der Waals surface area contributed by atoms with Crippen molar-refractivity contribution in [2.45, 2.75) is 19.8 Å². The molecule has 0 saturated carbocycles. The van der Waals surface area contributed by atoms with Crippen LogP contribution in [-0.4, -0.2) is 25.1 Å². The van der Waals surface area contributed by atoms with Gasteiger partial charge in [0.25, 0.3) is 0 Å². The third kappa shape index (κ3) is 5.54. The maximum absolute atomic E-state index is 11.6. The van der Waals surface area contributed by atoms with Crippen molar-refractivity contribution in [1.29, 1.82) is 0 Å². The standard InChI is InChI=1S/C17H21NO4/c1-12(2)16(19)22-15-7-5-4-6-14(15)9-11-21-17(20)13(3)8-10-18/h4-7H,1,3,8-11,18H2,2H3. The molecule has 0 unspecified atom stereocenters. The van der Waals surface area contributed by atoms with E-state index < -0.39 is 11.9 Å². The van der Waals surface area contributed by atoms with Crippen LogP contribution in [0.5, 0.6) is 5.75 Å². The smallest absolute Gasteiger partial charge is 0.338 e. The molecule has 5 heteroatoms. The van der Waals surface area contributed by atoms with Crippen LogP contribution in [0.4, 0.5) is 0 Å². The molecule has 0 atom stereocenters. The van der Waals surface area contributed by atoms with E-state index in [1.54, 1.807) is 19.1 Å². The average Bonchev–Trinajstić information content (AvgIpc) is 2.48. The Morgan fingerprint density at radius 3 is 2.50 bits per heavy atom.